The van der Waals surface area contributed by atoms with E-state index in [-0.39, 0.29) is 24.7 Å². The van der Waals surface area contributed by atoms with Crippen LogP contribution in [0, 0.1) is 12.7 Å². The Morgan fingerprint density at radius 2 is 1.96 bits per heavy atom. The second-order valence-electron chi connectivity index (χ2n) is 5.97. The Hall–Kier alpha value is -2.17. The van der Waals surface area contributed by atoms with E-state index < -0.39 is 0 Å². The summed E-state index contributed by atoms with van der Waals surface area (Å²) in [7, 11) is 1.78. The Kier molecular flexibility index (Phi) is 4.69. The van der Waals surface area contributed by atoms with Gasteiger partial charge in [-0.2, -0.15) is 0 Å². The van der Waals surface area contributed by atoms with Crippen molar-refractivity contribution < 1.29 is 9.18 Å². The molecule has 0 aliphatic heterocycles. The predicted molar refractivity (Wildman–Crippen MR) is 95.1 cm³/mol. The van der Waals surface area contributed by atoms with Crippen molar-refractivity contribution in [3.63, 3.8) is 0 Å². The maximum absolute atomic E-state index is 13.9. The SMILES string of the molecule is Cc1[nH]c2ccccc2c1C(=O)CN(C)Cc1c(F)cccc1Cl. The van der Waals surface area contributed by atoms with Gasteiger partial charge >= 0.3 is 0 Å². The Morgan fingerprint density at radius 3 is 2.71 bits per heavy atom. The number of halogens is 2. The summed E-state index contributed by atoms with van der Waals surface area (Å²) < 4.78 is 13.9. The number of hydrogen-bond donors (Lipinski definition) is 1. The van der Waals surface area contributed by atoms with Crippen molar-refractivity contribution in [2.75, 3.05) is 13.6 Å². The molecule has 0 saturated carbocycles. The first-order valence-corrected chi connectivity index (χ1v) is 8.07. The van der Waals surface area contributed by atoms with Gasteiger partial charge in [-0.05, 0) is 32.2 Å². The predicted octanol–water partition coefficient (Wildman–Crippen LogP) is 4.58. The maximum Gasteiger partial charge on any atom is 0.179 e. The minimum Gasteiger partial charge on any atom is -0.358 e. The molecule has 0 radical (unpaired) electrons. The number of nitrogens with zero attached hydrogens (tertiary/aromatic N) is 1. The van der Waals surface area contributed by atoms with Gasteiger partial charge in [0.05, 0.1) is 6.54 Å². The van der Waals surface area contributed by atoms with Crippen LogP contribution < -0.4 is 0 Å². The highest BCUT2D eigenvalue weighted by Gasteiger charge is 2.18. The molecule has 5 heteroatoms. The number of benzene rings is 2. The van der Waals surface area contributed by atoms with Crippen LogP contribution in [0.1, 0.15) is 21.6 Å². The lowest BCUT2D eigenvalue weighted by atomic mass is 10.1. The Bertz CT molecular complexity index is 883. The van der Waals surface area contributed by atoms with E-state index in [2.05, 4.69) is 4.98 Å². The molecule has 24 heavy (non-hydrogen) atoms. The number of para-hydroxylation sites is 1. The number of ketones is 1. The van der Waals surface area contributed by atoms with Gasteiger partial charge in [0.25, 0.3) is 0 Å². The van der Waals surface area contributed by atoms with Crippen LogP contribution in [0.5, 0.6) is 0 Å². The molecule has 0 saturated heterocycles. The molecular formula is C19H18ClFN2O. The molecule has 0 unspecified atom stereocenters. The second-order valence-corrected chi connectivity index (χ2v) is 6.37. The lowest BCUT2D eigenvalue weighted by Gasteiger charge is -2.17. The Morgan fingerprint density at radius 1 is 1.21 bits per heavy atom. The number of carbonyl (C=O) groups excluding carboxylic acids is 1. The highest BCUT2D eigenvalue weighted by molar-refractivity contribution is 6.31. The fourth-order valence-electron chi connectivity index (χ4n) is 2.97. The van der Waals surface area contributed by atoms with E-state index in [0.29, 0.717) is 16.1 Å². The first-order valence-electron chi connectivity index (χ1n) is 7.69. The molecule has 0 bridgehead atoms. The minimum absolute atomic E-state index is 0.0000817. The lowest BCUT2D eigenvalue weighted by Crippen LogP contribution is -2.26. The number of fused-ring (bicyclic) bond motifs is 1. The molecule has 124 valence electrons. The van der Waals surface area contributed by atoms with E-state index in [9.17, 15) is 9.18 Å². The van der Waals surface area contributed by atoms with Crippen LogP contribution >= 0.6 is 11.6 Å². The van der Waals surface area contributed by atoms with Crippen molar-refractivity contribution in [1.29, 1.82) is 0 Å². The maximum atomic E-state index is 13.9. The molecule has 0 aliphatic carbocycles. The average Bonchev–Trinajstić information content (AvgIpc) is 2.86. The summed E-state index contributed by atoms with van der Waals surface area (Å²) in [5.74, 6) is -0.356. The van der Waals surface area contributed by atoms with Crippen LogP contribution in [-0.2, 0) is 6.54 Å². The normalized spacial score (nSPS) is 11.4. The third-order valence-electron chi connectivity index (χ3n) is 4.08. The molecule has 2 aromatic carbocycles. The van der Waals surface area contributed by atoms with E-state index in [1.807, 2.05) is 31.2 Å². The smallest absolute Gasteiger partial charge is 0.179 e. The molecule has 3 rings (SSSR count). The van der Waals surface area contributed by atoms with Gasteiger partial charge in [0.15, 0.2) is 5.78 Å². The van der Waals surface area contributed by atoms with E-state index in [1.165, 1.54) is 6.07 Å². The molecule has 3 aromatic rings. The number of nitrogens with one attached hydrogen (secondary N) is 1. The zero-order valence-corrected chi connectivity index (χ0v) is 14.3. The number of likely N-dealkylation sites (N-methyl/N-ethyl adjacent to an activating group) is 1. The summed E-state index contributed by atoms with van der Waals surface area (Å²) in [6.45, 7) is 2.35. The van der Waals surface area contributed by atoms with Gasteiger partial charge in [-0.15, -0.1) is 0 Å². The van der Waals surface area contributed by atoms with Gasteiger partial charge in [-0.1, -0.05) is 35.9 Å². The van der Waals surface area contributed by atoms with E-state index in [4.69, 9.17) is 11.6 Å². The molecule has 1 N–H and O–H groups in total. The summed E-state index contributed by atoms with van der Waals surface area (Å²) in [6, 6.07) is 12.3. The zero-order valence-electron chi connectivity index (χ0n) is 13.6. The van der Waals surface area contributed by atoms with Gasteiger partial charge in [-0.25, -0.2) is 4.39 Å². The van der Waals surface area contributed by atoms with Crippen molar-refractivity contribution in [3.05, 3.63) is 70.1 Å². The van der Waals surface area contributed by atoms with Gasteiger partial charge in [0.1, 0.15) is 5.82 Å². The third-order valence-corrected chi connectivity index (χ3v) is 4.43. The van der Waals surface area contributed by atoms with Crippen LogP contribution in [-0.4, -0.2) is 29.3 Å². The third kappa shape index (κ3) is 3.21. The number of hydrogen-bond acceptors (Lipinski definition) is 2. The van der Waals surface area contributed by atoms with E-state index in [0.717, 1.165) is 16.6 Å². The van der Waals surface area contributed by atoms with Gasteiger partial charge < -0.3 is 4.98 Å². The molecule has 3 nitrogen and oxygen atoms in total. The van der Waals surface area contributed by atoms with Crippen LogP contribution in [0.15, 0.2) is 42.5 Å². The summed E-state index contributed by atoms with van der Waals surface area (Å²) in [6.07, 6.45) is 0. The van der Waals surface area contributed by atoms with Crippen molar-refractivity contribution >= 4 is 28.3 Å². The fourth-order valence-corrected chi connectivity index (χ4v) is 3.19. The topological polar surface area (TPSA) is 36.1 Å². The number of aromatic nitrogens is 1. The fraction of sp³-hybridized carbons (Fsp3) is 0.211. The van der Waals surface area contributed by atoms with Crippen LogP contribution in [0.2, 0.25) is 5.02 Å². The van der Waals surface area contributed by atoms with Crippen molar-refractivity contribution in [3.8, 4) is 0 Å². The molecular weight excluding hydrogens is 327 g/mol. The van der Waals surface area contributed by atoms with Gasteiger partial charge in [-0.3, -0.25) is 9.69 Å². The van der Waals surface area contributed by atoms with Crippen molar-refractivity contribution in [1.82, 2.24) is 9.88 Å². The number of rotatable bonds is 5. The standard InChI is InChI=1S/C19H18ClFN2O/c1-12-19(13-6-3-4-9-17(13)22-12)18(24)11-23(2)10-14-15(20)7-5-8-16(14)21/h3-9,22H,10-11H2,1-2H3. The summed E-state index contributed by atoms with van der Waals surface area (Å²) in [5, 5.41) is 1.29. The Balaban J connectivity index is 1.80. The van der Waals surface area contributed by atoms with Crippen LogP contribution in [0.25, 0.3) is 10.9 Å². The first-order chi connectivity index (χ1) is 11.5. The number of Topliss-reactive ketones (excluding diaryl/α,β-unsaturated/α-hetero) is 1. The Labute approximate surface area is 145 Å². The van der Waals surface area contributed by atoms with Crippen molar-refractivity contribution in [2.45, 2.75) is 13.5 Å². The molecule has 0 spiro atoms. The molecule has 0 aliphatic rings. The van der Waals surface area contributed by atoms with Crippen LogP contribution in [0.3, 0.4) is 0 Å². The number of H-pyrrole nitrogens is 1. The highest BCUT2D eigenvalue weighted by Crippen LogP contribution is 2.24. The monoisotopic (exact) mass is 344 g/mol. The highest BCUT2D eigenvalue weighted by atomic mass is 35.5. The van der Waals surface area contributed by atoms with Gasteiger partial charge in [0.2, 0.25) is 0 Å². The van der Waals surface area contributed by atoms with Crippen LogP contribution in [0.4, 0.5) is 4.39 Å². The lowest BCUT2D eigenvalue weighted by molar-refractivity contribution is 0.0943. The largest absolute Gasteiger partial charge is 0.358 e. The van der Waals surface area contributed by atoms with Gasteiger partial charge in [0, 0.05) is 39.3 Å². The minimum atomic E-state index is -0.356. The molecule has 1 heterocycles. The summed E-state index contributed by atoms with van der Waals surface area (Å²) in [4.78, 5) is 17.7. The molecule has 1 aromatic heterocycles. The molecule has 0 atom stereocenters. The summed E-state index contributed by atoms with van der Waals surface area (Å²) in [5.41, 5.74) is 2.89. The average molecular weight is 345 g/mol. The number of carbonyl (C=O) groups is 1. The zero-order chi connectivity index (χ0) is 17.3. The molecule has 0 amide bonds. The number of aryl methyl sites for hydroxylation is 1. The van der Waals surface area contributed by atoms with E-state index >= 15 is 0 Å². The second kappa shape index (κ2) is 6.75. The van der Waals surface area contributed by atoms with Crippen molar-refractivity contribution in [2.24, 2.45) is 0 Å². The summed E-state index contributed by atoms with van der Waals surface area (Å²) >= 11 is 6.06. The molecule has 0 fully saturated rings. The number of aromatic amines is 1. The van der Waals surface area contributed by atoms with E-state index in [1.54, 1.807) is 24.1 Å². The first kappa shape index (κ1) is 16.7. The quantitative estimate of drug-likeness (QED) is 0.687.